The number of nitrogens with zero attached hydrogens (tertiary/aromatic N) is 5. The molecule has 41 heavy (non-hydrogen) atoms. The first-order valence-corrected chi connectivity index (χ1v) is 15.5. The SMILES string of the molecule is C[C@H](ON=C(C(=O)NC1C(=O)N2C(C(=O)O)=C(CSc3nc4c[n+](C)ccc4s3)CS[C@@H]12)c1csc(N)n1)C(=O)O. The Hall–Kier alpha value is -3.74. The van der Waals surface area contributed by atoms with Gasteiger partial charge in [-0.3, -0.25) is 14.5 Å². The number of aromatic nitrogens is 3. The van der Waals surface area contributed by atoms with Crippen LogP contribution in [-0.2, 0) is 31.1 Å². The molecule has 5 rings (SSSR count). The number of thiazole rings is 2. The Balaban J connectivity index is 1.31. The number of carbonyl (C=O) groups is 4. The van der Waals surface area contributed by atoms with Crippen LogP contribution < -0.4 is 15.6 Å². The number of aliphatic carboxylic acids is 2. The zero-order valence-electron chi connectivity index (χ0n) is 21.3. The Kier molecular flexibility index (Phi) is 8.16. The average molecular weight is 637 g/mol. The van der Waals surface area contributed by atoms with Crippen molar-refractivity contribution in [3.05, 3.63) is 40.8 Å². The molecule has 2 amide bonds. The molecule has 5 heterocycles. The molecule has 0 saturated carbocycles. The summed E-state index contributed by atoms with van der Waals surface area (Å²) in [7, 11) is 1.90. The third kappa shape index (κ3) is 5.85. The fourth-order valence-electron chi connectivity index (χ4n) is 3.95. The average Bonchev–Trinajstić information content (AvgIpc) is 3.54. The first-order valence-electron chi connectivity index (χ1n) is 11.8. The number of nitrogen functional groups attached to an aromatic ring is 1. The number of β-lactam (4-membered cyclic amide) rings is 1. The number of nitrogens with two attached hydrogens (primary N) is 1. The number of aryl methyl sites for hydroxylation is 1. The number of oxime groups is 1. The lowest BCUT2D eigenvalue weighted by Gasteiger charge is -2.49. The van der Waals surface area contributed by atoms with E-state index in [1.807, 2.05) is 30.1 Å². The highest BCUT2D eigenvalue weighted by atomic mass is 32.2. The Labute approximate surface area is 248 Å². The maximum absolute atomic E-state index is 13.1. The maximum atomic E-state index is 13.1. The second-order valence-electron chi connectivity index (χ2n) is 8.84. The minimum Gasteiger partial charge on any atom is -0.478 e. The molecule has 3 atom stereocenters. The minimum atomic E-state index is -1.35. The van der Waals surface area contributed by atoms with Gasteiger partial charge in [0.15, 0.2) is 27.6 Å². The minimum absolute atomic E-state index is 0.0385. The number of carboxylic acids is 2. The van der Waals surface area contributed by atoms with Gasteiger partial charge in [0.2, 0.25) is 6.10 Å². The smallest absolute Gasteiger partial charge is 0.352 e. The van der Waals surface area contributed by atoms with E-state index in [0.717, 1.165) is 25.9 Å². The van der Waals surface area contributed by atoms with E-state index in [2.05, 4.69) is 20.4 Å². The molecule has 18 heteroatoms. The number of nitrogens with one attached hydrogen (secondary N) is 1. The van der Waals surface area contributed by atoms with E-state index in [1.54, 1.807) is 0 Å². The van der Waals surface area contributed by atoms with Crippen molar-refractivity contribution in [3.63, 3.8) is 0 Å². The molecule has 3 aromatic heterocycles. The summed E-state index contributed by atoms with van der Waals surface area (Å²) >= 11 is 5.26. The van der Waals surface area contributed by atoms with Gasteiger partial charge in [0.25, 0.3) is 11.8 Å². The molecule has 0 radical (unpaired) electrons. The summed E-state index contributed by atoms with van der Waals surface area (Å²) in [6.07, 6.45) is 2.48. The number of rotatable bonds is 10. The summed E-state index contributed by atoms with van der Waals surface area (Å²) in [5, 5.41) is 26.2. The van der Waals surface area contributed by atoms with E-state index in [-0.39, 0.29) is 22.2 Å². The highest BCUT2D eigenvalue weighted by Crippen LogP contribution is 2.42. The third-order valence-electron chi connectivity index (χ3n) is 5.98. The van der Waals surface area contributed by atoms with E-state index in [4.69, 9.17) is 15.7 Å². The number of amides is 2. The zero-order chi connectivity index (χ0) is 29.4. The van der Waals surface area contributed by atoms with E-state index in [9.17, 15) is 24.3 Å². The lowest BCUT2D eigenvalue weighted by Crippen LogP contribution is -2.71. The van der Waals surface area contributed by atoms with Gasteiger partial charge in [-0.15, -0.1) is 34.4 Å². The molecule has 14 nitrogen and oxygen atoms in total. The van der Waals surface area contributed by atoms with Crippen LogP contribution in [0.1, 0.15) is 12.6 Å². The maximum Gasteiger partial charge on any atom is 0.352 e. The van der Waals surface area contributed by atoms with Crippen LogP contribution in [0.15, 0.2) is 44.6 Å². The van der Waals surface area contributed by atoms with Crippen LogP contribution in [0.25, 0.3) is 10.2 Å². The summed E-state index contributed by atoms with van der Waals surface area (Å²) in [4.78, 5) is 64.3. The topological polar surface area (TPSA) is 201 Å². The van der Waals surface area contributed by atoms with Crippen LogP contribution in [0.3, 0.4) is 0 Å². The first-order chi connectivity index (χ1) is 19.5. The van der Waals surface area contributed by atoms with Crippen molar-refractivity contribution >= 4 is 91.0 Å². The molecule has 3 aromatic rings. The van der Waals surface area contributed by atoms with E-state index >= 15 is 0 Å². The van der Waals surface area contributed by atoms with Crippen molar-refractivity contribution in [1.29, 1.82) is 0 Å². The van der Waals surface area contributed by atoms with Gasteiger partial charge in [0.05, 0.1) is 4.70 Å². The molecule has 2 aliphatic heterocycles. The fraction of sp³-hybridized carbons (Fsp3) is 0.304. The number of thioether (sulfide) groups is 2. The van der Waals surface area contributed by atoms with Gasteiger partial charge in [-0.2, -0.15) is 0 Å². The molecule has 2 aliphatic rings. The number of pyridine rings is 1. The van der Waals surface area contributed by atoms with E-state index in [0.29, 0.717) is 17.1 Å². The largest absolute Gasteiger partial charge is 0.478 e. The van der Waals surface area contributed by atoms with Gasteiger partial charge >= 0.3 is 11.9 Å². The molecule has 0 aliphatic carbocycles. The Morgan fingerprint density at radius 1 is 1.37 bits per heavy atom. The van der Waals surface area contributed by atoms with Crippen molar-refractivity contribution in [2.45, 2.75) is 28.8 Å². The molecule has 0 aromatic carbocycles. The molecule has 5 N–H and O–H groups in total. The quantitative estimate of drug-likeness (QED) is 0.0806. The molecular weight excluding hydrogens is 615 g/mol. The van der Waals surface area contributed by atoms with Gasteiger partial charge in [-0.05, 0) is 12.5 Å². The highest BCUT2D eigenvalue weighted by Gasteiger charge is 2.54. The first kappa shape index (κ1) is 28.8. The van der Waals surface area contributed by atoms with Crippen LogP contribution in [-0.4, -0.2) is 83.6 Å². The highest BCUT2D eigenvalue weighted by molar-refractivity contribution is 8.02. The molecule has 0 bridgehead atoms. The van der Waals surface area contributed by atoms with Gasteiger partial charge in [0, 0.05) is 23.0 Å². The number of fused-ring (bicyclic) bond motifs is 2. The zero-order valence-corrected chi connectivity index (χ0v) is 24.6. The Morgan fingerprint density at radius 3 is 2.83 bits per heavy atom. The monoisotopic (exact) mass is 636 g/mol. The molecule has 1 unspecified atom stereocenters. The van der Waals surface area contributed by atoms with Crippen LogP contribution in [0.4, 0.5) is 5.13 Å². The van der Waals surface area contributed by atoms with Crippen molar-refractivity contribution in [1.82, 2.24) is 20.2 Å². The summed E-state index contributed by atoms with van der Waals surface area (Å²) in [5.74, 6) is -3.32. The van der Waals surface area contributed by atoms with Crippen molar-refractivity contribution in [3.8, 4) is 0 Å². The standard InChI is InChI=1S/C23H21N7O7S4/c1-9(20(33)34)37-28-14(12-8-39-22(24)25-12)17(31)27-15-18(32)30-16(21(35)36)10(6-38-19(15)30)7-40-23-26-11-5-29(2)4-3-13(11)41-23/h3-5,8-9,15,19H,6-7H2,1-2H3,(H4-,24,25,27,31,33,34,35,36)/p+1/t9-,15?,19-/m0/s1. The van der Waals surface area contributed by atoms with Crippen molar-refractivity contribution in [2.24, 2.45) is 12.2 Å². The number of carbonyl (C=O) groups excluding carboxylic acids is 2. The summed E-state index contributed by atoms with van der Waals surface area (Å²) in [6.45, 7) is 1.23. The molecule has 1 fully saturated rings. The van der Waals surface area contributed by atoms with Crippen LogP contribution >= 0.6 is 46.2 Å². The molecule has 0 spiro atoms. The van der Waals surface area contributed by atoms with Gasteiger partial charge in [-0.25, -0.2) is 24.1 Å². The third-order valence-corrected chi connectivity index (χ3v) is 10.3. The van der Waals surface area contributed by atoms with Gasteiger partial charge in [-0.1, -0.05) is 16.9 Å². The summed E-state index contributed by atoms with van der Waals surface area (Å²) in [6, 6.07) is 0.921. The second-order valence-corrected chi connectivity index (χ2v) is 13.1. The molecule has 214 valence electrons. The van der Waals surface area contributed by atoms with E-state index in [1.165, 1.54) is 52.1 Å². The van der Waals surface area contributed by atoms with Gasteiger partial charge in [0.1, 0.15) is 35.4 Å². The normalized spacial score (nSPS) is 19.5. The van der Waals surface area contributed by atoms with E-state index < -0.39 is 41.3 Å². The Bertz CT molecular complexity index is 1630. The summed E-state index contributed by atoms with van der Waals surface area (Å²) in [5.41, 5.74) is 6.65. The number of hydrogen-bond acceptors (Lipinski definition) is 13. The number of hydrogen-bond donors (Lipinski definition) is 4. The predicted molar refractivity (Wildman–Crippen MR) is 152 cm³/mol. The Morgan fingerprint density at radius 2 is 2.15 bits per heavy atom. The van der Waals surface area contributed by atoms with Crippen LogP contribution in [0, 0.1) is 0 Å². The van der Waals surface area contributed by atoms with Crippen LogP contribution in [0.5, 0.6) is 0 Å². The lowest BCUT2D eigenvalue weighted by atomic mass is 10.0. The number of carboxylic acid groups (broad SMARTS) is 2. The van der Waals surface area contributed by atoms with Gasteiger partial charge < -0.3 is 26.1 Å². The predicted octanol–water partition coefficient (Wildman–Crippen LogP) is 0.884. The van der Waals surface area contributed by atoms with Crippen LogP contribution in [0.2, 0.25) is 0 Å². The number of anilines is 1. The molecular formula is C23H22N7O7S4+. The molecule has 1 saturated heterocycles. The fourth-order valence-corrected chi connectivity index (χ4v) is 8.02. The summed E-state index contributed by atoms with van der Waals surface area (Å²) < 4.78 is 3.69. The lowest BCUT2D eigenvalue weighted by molar-refractivity contribution is -0.670. The second kappa shape index (κ2) is 11.6. The van der Waals surface area contributed by atoms with Crippen molar-refractivity contribution < 1.29 is 38.8 Å². The van der Waals surface area contributed by atoms with Crippen molar-refractivity contribution in [2.75, 3.05) is 17.2 Å².